The lowest BCUT2D eigenvalue weighted by atomic mass is 10.0. The van der Waals surface area contributed by atoms with Crippen molar-refractivity contribution in [1.29, 1.82) is 0 Å². The minimum atomic E-state index is 0.133. The summed E-state index contributed by atoms with van der Waals surface area (Å²) in [5, 5.41) is 0. The Kier molecular flexibility index (Phi) is 4.05. The Morgan fingerprint density at radius 2 is 1.95 bits per heavy atom. The molecule has 1 aliphatic carbocycles. The Bertz CT molecular complexity index is 618. The second-order valence-corrected chi connectivity index (χ2v) is 5.60. The molecular weight excluding hydrogens is 260 g/mol. The maximum absolute atomic E-state index is 12.6. The summed E-state index contributed by atoms with van der Waals surface area (Å²) in [4.78, 5) is 12.6. The van der Waals surface area contributed by atoms with Crippen LogP contribution in [-0.4, -0.2) is 12.4 Å². The number of Topliss-reactive ketones (excluding diaryl/α,β-unsaturated/α-hetero) is 1. The molecule has 0 bridgehead atoms. The summed E-state index contributed by atoms with van der Waals surface area (Å²) < 4.78 is 5.61. The molecular formula is C19H20O2. The van der Waals surface area contributed by atoms with Crippen LogP contribution in [0.3, 0.4) is 0 Å². The quantitative estimate of drug-likeness (QED) is 0.730. The molecule has 0 radical (unpaired) electrons. The van der Waals surface area contributed by atoms with Crippen molar-refractivity contribution >= 4 is 5.78 Å². The van der Waals surface area contributed by atoms with Gasteiger partial charge in [0.25, 0.3) is 0 Å². The van der Waals surface area contributed by atoms with Crippen molar-refractivity contribution in [2.24, 2.45) is 5.92 Å². The topological polar surface area (TPSA) is 26.3 Å². The smallest absolute Gasteiger partial charge is 0.166 e. The molecule has 0 aliphatic heterocycles. The van der Waals surface area contributed by atoms with Gasteiger partial charge in [-0.15, -0.1) is 0 Å². The fraction of sp³-hybridized carbons (Fsp3) is 0.316. The molecule has 0 heterocycles. The number of hydrogen-bond acceptors (Lipinski definition) is 2. The first-order valence-corrected chi connectivity index (χ1v) is 7.61. The predicted octanol–water partition coefficient (Wildman–Crippen LogP) is 4.46. The SMILES string of the molecule is CCCOc1cccc(C(=O)C2CC2c2ccccc2)c1. The van der Waals surface area contributed by atoms with Crippen molar-refractivity contribution in [2.45, 2.75) is 25.7 Å². The molecule has 0 saturated heterocycles. The molecule has 21 heavy (non-hydrogen) atoms. The number of ether oxygens (including phenoxy) is 1. The van der Waals surface area contributed by atoms with Gasteiger partial charge in [-0.05, 0) is 36.5 Å². The van der Waals surface area contributed by atoms with Crippen LogP contribution in [0.25, 0.3) is 0 Å². The summed E-state index contributed by atoms with van der Waals surface area (Å²) in [6.07, 6.45) is 1.93. The molecule has 1 aliphatic rings. The second-order valence-electron chi connectivity index (χ2n) is 5.60. The van der Waals surface area contributed by atoms with Crippen molar-refractivity contribution in [2.75, 3.05) is 6.61 Å². The van der Waals surface area contributed by atoms with E-state index in [2.05, 4.69) is 19.1 Å². The third-order valence-corrected chi connectivity index (χ3v) is 3.95. The zero-order chi connectivity index (χ0) is 14.7. The largest absolute Gasteiger partial charge is 0.494 e. The molecule has 3 rings (SSSR count). The van der Waals surface area contributed by atoms with Gasteiger partial charge in [0.15, 0.2) is 5.78 Å². The molecule has 2 aromatic carbocycles. The lowest BCUT2D eigenvalue weighted by Crippen LogP contribution is -2.04. The molecule has 1 fully saturated rings. The van der Waals surface area contributed by atoms with E-state index in [-0.39, 0.29) is 11.7 Å². The van der Waals surface area contributed by atoms with E-state index in [0.29, 0.717) is 12.5 Å². The van der Waals surface area contributed by atoms with Gasteiger partial charge in [-0.25, -0.2) is 0 Å². The summed E-state index contributed by atoms with van der Waals surface area (Å²) in [5.74, 6) is 1.55. The van der Waals surface area contributed by atoms with Crippen LogP contribution < -0.4 is 4.74 Å². The van der Waals surface area contributed by atoms with Crippen LogP contribution in [0.15, 0.2) is 54.6 Å². The fourth-order valence-corrected chi connectivity index (χ4v) is 2.73. The summed E-state index contributed by atoms with van der Waals surface area (Å²) in [6.45, 7) is 2.76. The third-order valence-electron chi connectivity index (χ3n) is 3.95. The maximum atomic E-state index is 12.6. The molecule has 0 spiro atoms. The van der Waals surface area contributed by atoms with Crippen LogP contribution in [-0.2, 0) is 0 Å². The number of hydrogen-bond donors (Lipinski definition) is 0. The number of rotatable bonds is 6. The van der Waals surface area contributed by atoms with Crippen molar-refractivity contribution in [3.63, 3.8) is 0 Å². The van der Waals surface area contributed by atoms with E-state index in [4.69, 9.17) is 4.74 Å². The molecule has 0 N–H and O–H groups in total. The van der Waals surface area contributed by atoms with E-state index in [1.54, 1.807) is 0 Å². The van der Waals surface area contributed by atoms with Crippen LogP contribution in [0.2, 0.25) is 0 Å². The van der Waals surface area contributed by atoms with Gasteiger partial charge in [0.05, 0.1) is 6.61 Å². The third kappa shape index (κ3) is 3.15. The highest BCUT2D eigenvalue weighted by Crippen LogP contribution is 2.49. The van der Waals surface area contributed by atoms with Gasteiger partial charge in [-0.2, -0.15) is 0 Å². The Morgan fingerprint density at radius 3 is 2.71 bits per heavy atom. The Labute approximate surface area is 125 Å². The average Bonchev–Trinajstić information content (AvgIpc) is 3.34. The second kappa shape index (κ2) is 6.13. The standard InChI is InChI=1S/C19H20O2/c1-2-11-21-16-10-6-9-15(12-16)19(20)18-13-17(18)14-7-4-3-5-8-14/h3-10,12,17-18H,2,11,13H2,1H3. The van der Waals surface area contributed by atoms with Crippen molar-refractivity contribution in [3.05, 3.63) is 65.7 Å². The van der Waals surface area contributed by atoms with E-state index in [1.165, 1.54) is 5.56 Å². The molecule has 2 heteroatoms. The fourth-order valence-electron chi connectivity index (χ4n) is 2.73. The molecule has 2 nitrogen and oxygen atoms in total. The minimum absolute atomic E-state index is 0.133. The molecule has 108 valence electrons. The number of ketones is 1. The number of carbonyl (C=O) groups is 1. The number of benzene rings is 2. The van der Waals surface area contributed by atoms with E-state index in [0.717, 1.165) is 24.2 Å². The zero-order valence-electron chi connectivity index (χ0n) is 12.3. The van der Waals surface area contributed by atoms with Gasteiger partial charge >= 0.3 is 0 Å². The first-order valence-electron chi connectivity index (χ1n) is 7.61. The van der Waals surface area contributed by atoms with Crippen molar-refractivity contribution in [1.82, 2.24) is 0 Å². The zero-order valence-corrected chi connectivity index (χ0v) is 12.3. The van der Waals surface area contributed by atoms with Gasteiger partial charge in [0.2, 0.25) is 0 Å². The molecule has 2 atom stereocenters. The lowest BCUT2D eigenvalue weighted by molar-refractivity contribution is 0.0965. The van der Waals surface area contributed by atoms with E-state index >= 15 is 0 Å². The monoisotopic (exact) mass is 280 g/mol. The predicted molar refractivity (Wildman–Crippen MR) is 83.8 cm³/mol. The molecule has 1 saturated carbocycles. The van der Waals surface area contributed by atoms with Gasteiger partial charge in [0, 0.05) is 11.5 Å². The molecule has 2 unspecified atom stereocenters. The van der Waals surface area contributed by atoms with Crippen molar-refractivity contribution in [3.8, 4) is 5.75 Å². The van der Waals surface area contributed by atoms with Gasteiger partial charge < -0.3 is 4.74 Å². The van der Waals surface area contributed by atoms with Crippen LogP contribution in [0.4, 0.5) is 0 Å². The molecule has 0 aromatic heterocycles. The summed E-state index contributed by atoms with van der Waals surface area (Å²) in [5.41, 5.74) is 2.04. The highest BCUT2D eigenvalue weighted by molar-refractivity contribution is 6.00. The van der Waals surface area contributed by atoms with Crippen LogP contribution >= 0.6 is 0 Å². The van der Waals surface area contributed by atoms with Crippen LogP contribution in [0, 0.1) is 5.92 Å². The normalized spacial score (nSPS) is 20.0. The summed E-state index contributed by atoms with van der Waals surface area (Å²) in [7, 11) is 0. The molecule has 2 aromatic rings. The van der Waals surface area contributed by atoms with E-state index in [1.807, 2.05) is 42.5 Å². The lowest BCUT2D eigenvalue weighted by Gasteiger charge is -2.06. The molecule has 0 amide bonds. The average molecular weight is 280 g/mol. The van der Waals surface area contributed by atoms with Crippen LogP contribution in [0.5, 0.6) is 5.75 Å². The summed E-state index contributed by atoms with van der Waals surface area (Å²) in [6, 6.07) is 17.9. The first-order chi connectivity index (χ1) is 10.3. The minimum Gasteiger partial charge on any atom is -0.494 e. The highest BCUT2D eigenvalue weighted by Gasteiger charge is 2.43. The van der Waals surface area contributed by atoms with Crippen LogP contribution in [0.1, 0.15) is 41.6 Å². The van der Waals surface area contributed by atoms with Gasteiger partial charge in [-0.1, -0.05) is 49.4 Å². The highest BCUT2D eigenvalue weighted by atomic mass is 16.5. The number of carbonyl (C=O) groups excluding carboxylic acids is 1. The van der Waals surface area contributed by atoms with Gasteiger partial charge in [-0.3, -0.25) is 4.79 Å². The first kappa shape index (κ1) is 13.9. The Balaban J connectivity index is 1.69. The van der Waals surface area contributed by atoms with E-state index < -0.39 is 0 Å². The Hall–Kier alpha value is -2.09. The van der Waals surface area contributed by atoms with E-state index in [9.17, 15) is 4.79 Å². The maximum Gasteiger partial charge on any atom is 0.166 e. The summed E-state index contributed by atoms with van der Waals surface area (Å²) >= 11 is 0. The Morgan fingerprint density at radius 1 is 1.14 bits per heavy atom. The van der Waals surface area contributed by atoms with Crippen molar-refractivity contribution < 1.29 is 9.53 Å². The van der Waals surface area contributed by atoms with Gasteiger partial charge in [0.1, 0.15) is 5.75 Å².